The van der Waals surface area contributed by atoms with Gasteiger partial charge in [0.05, 0.1) is 12.2 Å². The first kappa shape index (κ1) is 17.7. The molecule has 0 unspecified atom stereocenters. The van der Waals surface area contributed by atoms with Gasteiger partial charge >= 0.3 is 6.03 Å². The minimum Gasteiger partial charge on any atom is -0.338 e. The van der Waals surface area contributed by atoms with Crippen molar-refractivity contribution in [3.8, 4) is 0 Å². The van der Waals surface area contributed by atoms with Crippen LogP contribution in [0.4, 0.5) is 4.79 Å². The molecule has 0 aliphatic heterocycles. The molecule has 26 heavy (non-hydrogen) atoms. The van der Waals surface area contributed by atoms with Crippen molar-refractivity contribution >= 4 is 6.03 Å². The zero-order valence-electron chi connectivity index (χ0n) is 14.6. The molecule has 0 saturated heterocycles. The van der Waals surface area contributed by atoms with Crippen LogP contribution in [0.2, 0.25) is 0 Å². The van der Waals surface area contributed by atoms with E-state index in [1.807, 2.05) is 30.3 Å². The fraction of sp³-hybridized carbons (Fsp3) is 0.182. The molecule has 0 saturated carbocycles. The fourth-order valence-corrected chi connectivity index (χ4v) is 2.96. The Kier molecular flexibility index (Phi) is 6.37. The number of amides is 2. The van der Waals surface area contributed by atoms with Crippen molar-refractivity contribution in [1.29, 1.82) is 0 Å². The SMILES string of the molecule is O=C(NCCC(c1ccccc1)c1ccccc1)NCc1ccccn1. The molecule has 3 rings (SSSR count). The predicted molar refractivity (Wildman–Crippen MR) is 104 cm³/mol. The van der Waals surface area contributed by atoms with Crippen molar-refractivity contribution in [2.24, 2.45) is 0 Å². The van der Waals surface area contributed by atoms with E-state index in [2.05, 4.69) is 64.1 Å². The molecule has 4 nitrogen and oxygen atoms in total. The highest BCUT2D eigenvalue weighted by Gasteiger charge is 2.14. The quantitative estimate of drug-likeness (QED) is 0.677. The van der Waals surface area contributed by atoms with Gasteiger partial charge in [0.15, 0.2) is 0 Å². The molecule has 0 aliphatic rings. The molecule has 0 bridgehead atoms. The number of nitrogens with zero attached hydrogens (tertiary/aromatic N) is 1. The number of carbonyl (C=O) groups excluding carboxylic acids is 1. The summed E-state index contributed by atoms with van der Waals surface area (Å²) in [5, 5.41) is 5.78. The normalized spacial score (nSPS) is 10.5. The third-order valence-electron chi connectivity index (χ3n) is 4.28. The zero-order valence-corrected chi connectivity index (χ0v) is 14.6. The van der Waals surface area contributed by atoms with Gasteiger partial charge in [-0.1, -0.05) is 66.7 Å². The topological polar surface area (TPSA) is 54.0 Å². The van der Waals surface area contributed by atoms with Crippen molar-refractivity contribution in [1.82, 2.24) is 15.6 Å². The first-order chi connectivity index (χ1) is 12.8. The summed E-state index contributed by atoms with van der Waals surface area (Å²) >= 11 is 0. The van der Waals surface area contributed by atoms with E-state index < -0.39 is 0 Å². The number of aromatic nitrogens is 1. The lowest BCUT2D eigenvalue weighted by molar-refractivity contribution is 0.240. The van der Waals surface area contributed by atoms with E-state index in [-0.39, 0.29) is 11.9 Å². The average Bonchev–Trinajstić information content (AvgIpc) is 2.72. The van der Waals surface area contributed by atoms with Gasteiger partial charge < -0.3 is 10.6 Å². The van der Waals surface area contributed by atoms with Crippen molar-refractivity contribution in [2.45, 2.75) is 18.9 Å². The van der Waals surface area contributed by atoms with E-state index in [4.69, 9.17) is 0 Å². The molecule has 2 aromatic carbocycles. The summed E-state index contributed by atoms with van der Waals surface area (Å²) in [6.07, 6.45) is 2.56. The Labute approximate surface area is 154 Å². The Hall–Kier alpha value is -3.14. The Morgan fingerprint density at radius 2 is 1.42 bits per heavy atom. The smallest absolute Gasteiger partial charge is 0.315 e. The van der Waals surface area contributed by atoms with Crippen LogP contribution in [0.5, 0.6) is 0 Å². The largest absolute Gasteiger partial charge is 0.338 e. The number of hydrogen-bond acceptors (Lipinski definition) is 2. The van der Waals surface area contributed by atoms with Crippen LogP contribution in [0.15, 0.2) is 85.1 Å². The standard InChI is InChI=1S/C22H23N3O/c26-22(25-17-20-13-7-8-15-23-20)24-16-14-21(18-9-3-1-4-10-18)19-11-5-2-6-12-19/h1-13,15,21H,14,16-17H2,(H2,24,25,26). The Bertz CT molecular complexity index is 752. The van der Waals surface area contributed by atoms with Gasteiger partial charge in [-0.15, -0.1) is 0 Å². The Morgan fingerprint density at radius 1 is 0.808 bits per heavy atom. The summed E-state index contributed by atoms with van der Waals surface area (Å²) in [4.78, 5) is 16.2. The fourth-order valence-electron chi connectivity index (χ4n) is 2.96. The third-order valence-corrected chi connectivity index (χ3v) is 4.28. The van der Waals surface area contributed by atoms with Gasteiger partial charge in [-0.05, 0) is 29.7 Å². The van der Waals surface area contributed by atoms with E-state index in [1.165, 1.54) is 11.1 Å². The maximum absolute atomic E-state index is 12.0. The maximum atomic E-state index is 12.0. The summed E-state index contributed by atoms with van der Waals surface area (Å²) in [5.74, 6) is 0.258. The molecule has 0 fully saturated rings. The van der Waals surface area contributed by atoms with E-state index in [0.717, 1.165) is 12.1 Å². The van der Waals surface area contributed by atoms with Gasteiger partial charge in [0.1, 0.15) is 0 Å². The molecule has 2 amide bonds. The molecule has 0 radical (unpaired) electrons. The second-order valence-electron chi connectivity index (χ2n) is 6.09. The van der Waals surface area contributed by atoms with Crippen LogP contribution in [0.25, 0.3) is 0 Å². The summed E-state index contributed by atoms with van der Waals surface area (Å²) in [6, 6.07) is 26.3. The van der Waals surface area contributed by atoms with Gasteiger partial charge in [0.25, 0.3) is 0 Å². The number of carbonyl (C=O) groups is 1. The zero-order chi connectivity index (χ0) is 18.0. The molecule has 0 aliphatic carbocycles. The minimum atomic E-state index is -0.171. The summed E-state index contributed by atoms with van der Waals surface area (Å²) in [6.45, 7) is 1.02. The molecule has 1 aromatic heterocycles. The van der Waals surface area contributed by atoms with Crippen molar-refractivity contribution in [3.63, 3.8) is 0 Å². The summed E-state index contributed by atoms with van der Waals surface area (Å²) in [7, 11) is 0. The lowest BCUT2D eigenvalue weighted by atomic mass is 9.88. The van der Waals surface area contributed by atoms with Crippen LogP contribution < -0.4 is 10.6 Å². The Morgan fingerprint density at radius 3 is 2.00 bits per heavy atom. The number of urea groups is 1. The van der Waals surface area contributed by atoms with E-state index in [1.54, 1.807) is 6.20 Å². The minimum absolute atomic E-state index is 0.171. The van der Waals surface area contributed by atoms with Gasteiger partial charge in [0, 0.05) is 18.7 Å². The Balaban J connectivity index is 1.54. The number of nitrogens with one attached hydrogen (secondary N) is 2. The third kappa shape index (κ3) is 5.18. The molecule has 3 aromatic rings. The van der Waals surface area contributed by atoms with E-state index in [0.29, 0.717) is 13.1 Å². The lowest BCUT2D eigenvalue weighted by Gasteiger charge is -2.18. The number of pyridine rings is 1. The van der Waals surface area contributed by atoms with Crippen LogP contribution in [0, 0.1) is 0 Å². The van der Waals surface area contributed by atoms with Crippen molar-refractivity contribution < 1.29 is 4.79 Å². The highest BCUT2D eigenvalue weighted by molar-refractivity contribution is 5.73. The number of benzene rings is 2. The lowest BCUT2D eigenvalue weighted by Crippen LogP contribution is -2.36. The number of rotatable bonds is 7. The van der Waals surface area contributed by atoms with Crippen LogP contribution >= 0.6 is 0 Å². The molecule has 2 N–H and O–H groups in total. The molecule has 0 spiro atoms. The van der Waals surface area contributed by atoms with Gasteiger partial charge in [-0.3, -0.25) is 4.98 Å². The van der Waals surface area contributed by atoms with E-state index >= 15 is 0 Å². The molecule has 4 heteroatoms. The molecule has 1 heterocycles. The van der Waals surface area contributed by atoms with Crippen molar-refractivity contribution in [2.75, 3.05) is 6.54 Å². The summed E-state index contributed by atoms with van der Waals surface area (Å²) < 4.78 is 0. The predicted octanol–water partition coefficient (Wildman–Crippen LogP) is 4.10. The van der Waals surface area contributed by atoms with Crippen LogP contribution in [0.3, 0.4) is 0 Å². The maximum Gasteiger partial charge on any atom is 0.315 e. The van der Waals surface area contributed by atoms with Gasteiger partial charge in [-0.25, -0.2) is 4.79 Å². The highest BCUT2D eigenvalue weighted by Crippen LogP contribution is 2.27. The average molecular weight is 345 g/mol. The van der Waals surface area contributed by atoms with Gasteiger partial charge in [-0.2, -0.15) is 0 Å². The van der Waals surface area contributed by atoms with Crippen LogP contribution in [0.1, 0.15) is 29.2 Å². The second kappa shape index (κ2) is 9.37. The molecule has 0 atom stereocenters. The molecular weight excluding hydrogens is 322 g/mol. The van der Waals surface area contributed by atoms with Crippen LogP contribution in [-0.4, -0.2) is 17.6 Å². The first-order valence-corrected chi connectivity index (χ1v) is 8.84. The van der Waals surface area contributed by atoms with Gasteiger partial charge in [0.2, 0.25) is 0 Å². The van der Waals surface area contributed by atoms with Crippen molar-refractivity contribution in [3.05, 3.63) is 102 Å². The monoisotopic (exact) mass is 345 g/mol. The molecular formula is C22H23N3O. The number of hydrogen-bond donors (Lipinski definition) is 2. The van der Waals surface area contributed by atoms with Crippen LogP contribution in [-0.2, 0) is 6.54 Å². The second-order valence-corrected chi connectivity index (χ2v) is 6.09. The highest BCUT2D eigenvalue weighted by atomic mass is 16.2. The van der Waals surface area contributed by atoms with E-state index in [9.17, 15) is 4.79 Å². The molecule has 132 valence electrons. The first-order valence-electron chi connectivity index (χ1n) is 8.84. The summed E-state index contributed by atoms with van der Waals surface area (Å²) in [5.41, 5.74) is 3.36.